The molecule has 1 atom stereocenters. The van der Waals surface area contributed by atoms with Crippen molar-refractivity contribution in [1.29, 1.82) is 0 Å². The lowest BCUT2D eigenvalue weighted by Gasteiger charge is -2.33. The zero-order valence-corrected chi connectivity index (χ0v) is 6.97. The molecular formula is C9H17NO. The number of aliphatic hydroxyl groups excluding tert-OH is 1. The van der Waals surface area contributed by atoms with Gasteiger partial charge in [0.1, 0.15) is 6.23 Å². The molecule has 1 saturated carbocycles. The van der Waals surface area contributed by atoms with Crippen LogP contribution in [0.3, 0.4) is 0 Å². The van der Waals surface area contributed by atoms with Gasteiger partial charge in [0, 0.05) is 5.54 Å². The van der Waals surface area contributed by atoms with Gasteiger partial charge in [0.05, 0.1) is 0 Å². The van der Waals surface area contributed by atoms with E-state index in [1.807, 2.05) is 0 Å². The van der Waals surface area contributed by atoms with E-state index >= 15 is 0 Å². The van der Waals surface area contributed by atoms with Gasteiger partial charge in [0.2, 0.25) is 0 Å². The molecule has 11 heavy (non-hydrogen) atoms. The molecule has 0 aromatic carbocycles. The van der Waals surface area contributed by atoms with E-state index in [1.54, 1.807) is 0 Å². The highest BCUT2D eigenvalue weighted by molar-refractivity contribution is 4.96. The Bertz CT molecular complexity index is 135. The third-order valence-electron chi connectivity index (χ3n) is 3.18. The molecule has 2 nitrogen and oxygen atoms in total. The van der Waals surface area contributed by atoms with Crippen molar-refractivity contribution in [3.05, 3.63) is 0 Å². The van der Waals surface area contributed by atoms with Gasteiger partial charge in [-0.3, -0.25) is 5.32 Å². The lowest BCUT2D eigenvalue weighted by molar-refractivity contribution is 0.128. The van der Waals surface area contributed by atoms with Crippen LogP contribution in [0.4, 0.5) is 0 Å². The van der Waals surface area contributed by atoms with E-state index in [4.69, 9.17) is 0 Å². The summed E-state index contributed by atoms with van der Waals surface area (Å²) in [5, 5.41) is 12.7. The van der Waals surface area contributed by atoms with E-state index in [2.05, 4.69) is 5.32 Å². The van der Waals surface area contributed by atoms with Crippen LogP contribution in [0.15, 0.2) is 0 Å². The number of hydrogen-bond donors (Lipinski definition) is 2. The van der Waals surface area contributed by atoms with Crippen LogP contribution in [-0.2, 0) is 0 Å². The van der Waals surface area contributed by atoms with Gasteiger partial charge in [0.25, 0.3) is 0 Å². The molecule has 2 fully saturated rings. The zero-order chi connectivity index (χ0) is 7.73. The van der Waals surface area contributed by atoms with E-state index in [-0.39, 0.29) is 6.23 Å². The van der Waals surface area contributed by atoms with E-state index < -0.39 is 0 Å². The predicted molar refractivity (Wildman–Crippen MR) is 44.2 cm³/mol. The first-order valence-corrected chi connectivity index (χ1v) is 4.77. The first-order chi connectivity index (χ1) is 5.31. The molecule has 2 heteroatoms. The summed E-state index contributed by atoms with van der Waals surface area (Å²) in [4.78, 5) is 0. The summed E-state index contributed by atoms with van der Waals surface area (Å²) in [5.74, 6) is 0. The van der Waals surface area contributed by atoms with Crippen LogP contribution in [0.5, 0.6) is 0 Å². The second-order valence-corrected chi connectivity index (χ2v) is 4.04. The maximum Gasteiger partial charge on any atom is 0.105 e. The monoisotopic (exact) mass is 155 g/mol. The Morgan fingerprint density at radius 3 is 2.36 bits per heavy atom. The second-order valence-electron chi connectivity index (χ2n) is 4.04. The van der Waals surface area contributed by atoms with Gasteiger partial charge in [-0.25, -0.2) is 0 Å². The molecule has 2 aliphatic rings. The molecule has 1 spiro atoms. The fourth-order valence-corrected chi connectivity index (χ4v) is 2.53. The van der Waals surface area contributed by atoms with Gasteiger partial charge in [-0.2, -0.15) is 0 Å². The fourth-order valence-electron chi connectivity index (χ4n) is 2.53. The minimum Gasteiger partial charge on any atom is -0.379 e. The lowest BCUT2D eigenvalue weighted by Crippen LogP contribution is -2.44. The summed E-state index contributed by atoms with van der Waals surface area (Å²) >= 11 is 0. The summed E-state index contributed by atoms with van der Waals surface area (Å²) in [7, 11) is 0. The van der Waals surface area contributed by atoms with Crippen molar-refractivity contribution in [2.75, 3.05) is 0 Å². The van der Waals surface area contributed by atoms with Gasteiger partial charge in [-0.1, -0.05) is 19.3 Å². The van der Waals surface area contributed by atoms with E-state index in [9.17, 15) is 5.11 Å². The van der Waals surface area contributed by atoms with Crippen molar-refractivity contribution >= 4 is 0 Å². The highest BCUT2D eigenvalue weighted by Crippen LogP contribution is 2.36. The normalized spacial score (nSPS) is 36.3. The summed E-state index contributed by atoms with van der Waals surface area (Å²) < 4.78 is 0. The number of aliphatic hydroxyl groups is 1. The molecule has 1 heterocycles. The minimum atomic E-state index is -0.215. The molecule has 2 N–H and O–H groups in total. The maximum atomic E-state index is 9.34. The molecule has 1 unspecified atom stereocenters. The highest BCUT2D eigenvalue weighted by atomic mass is 16.3. The van der Waals surface area contributed by atoms with Gasteiger partial charge < -0.3 is 5.11 Å². The molecule has 0 aromatic rings. The van der Waals surface area contributed by atoms with Crippen molar-refractivity contribution in [2.45, 2.75) is 56.7 Å². The molecule has 64 valence electrons. The maximum absolute atomic E-state index is 9.34. The zero-order valence-electron chi connectivity index (χ0n) is 6.97. The molecule has 1 aliphatic heterocycles. The number of rotatable bonds is 0. The van der Waals surface area contributed by atoms with Crippen LogP contribution in [0.2, 0.25) is 0 Å². The van der Waals surface area contributed by atoms with Gasteiger partial charge in [-0.05, 0) is 25.7 Å². The van der Waals surface area contributed by atoms with Crippen molar-refractivity contribution in [3.8, 4) is 0 Å². The SMILES string of the molecule is OC1CCC2(CCCCC2)N1. The Morgan fingerprint density at radius 1 is 1.09 bits per heavy atom. The Balaban J connectivity index is 1.98. The van der Waals surface area contributed by atoms with Crippen LogP contribution in [0, 0.1) is 0 Å². The Morgan fingerprint density at radius 2 is 1.82 bits per heavy atom. The summed E-state index contributed by atoms with van der Waals surface area (Å²) in [6.45, 7) is 0. The lowest BCUT2D eigenvalue weighted by atomic mass is 9.81. The van der Waals surface area contributed by atoms with Gasteiger partial charge >= 0.3 is 0 Å². The molecular weight excluding hydrogens is 138 g/mol. The standard InChI is InChI=1S/C9H17NO/c11-8-4-7-9(10-8)5-2-1-3-6-9/h8,10-11H,1-7H2. The fraction of sp³-hybridized carbons (Fsp3) is 1.00. The molecule has 1 aliphatic carbocycles. The average molecular weight is 155 g/mol. The number of hydrogen-bond acceptors (Lipinski definition) is 2. The van der Waals surface area contributed by atoms with Crippen molar-refractivity contribution in [1.82, 2.24) is 5.32 Å². The molecule has 2 rings (SSSR count). The van der Waals surface area contributed by atoms with Crippen LogP contribution >= 0.6 is 0 Å². The summed E-state index contributed by atoms with van der Waals surface area (Å²) in [6.07, 6.45) is 8.58. The third kappa shape index (κ3) is 1.42. The topological polar surface area (TPSA) is 32.3 Å². The molecule has 0 aromatic heterocycles. The Hall–Kier alpha value is -0.0800. The Kier molecular flexibility index (Phi) is 1.90. The van der Waals surface area contributed by atoms with E-state index in [0.29, 0.717) is 5.54 Å². The van der Waals surface area contributed by atoms with Crippen LogP contribution < -0.4 is 5.32 Å². The highest BCUT2D eigenvalue weighted by Gasteiger charge is 2.38. The first-order valence-electron chi connectivity index (χ1n) is 4.77. The van der Waals surface area contributed by atoms with Crippen molar-refractivity contribution in [2.24, 2.45) is 0 Å². The second kappa shape index (κ2) is 2.76. The van der Waals surface area contributed by atoms with Crippen LogP contribution in [0.25, 0.3) is 0 Å². The number of nitrogens with one attached hydrogen (secondary N) is 1. The summed E-state index contributed by atoms with van der Waals surface area (Å²) in [5.41, 5.74) is 0.345. The minimum absolute atomic E-state index is 0.215. The van der Waals surface area contributed by atoms with Crippen LogP contribution in [-0.4, -0.2) is 16.9 Å². The van der Waals surface area contributed by atoms with Crippen molar-refractivity contribution < 1.29 is 5.11 Å². The van der Waals surface area contributed by atoms with Crippen LogP contribution in [0.1, 0.15) is 44.9 Å². The van der Waals surface area contributed by atoms with Crippen molar-refractivity contribution in [3.63, 3.8) is 0 Å². The van der Waals surface area contributed by atoms with E-state index in [0.717, 1.165) is 6.42 Å². The smallest absolute Gasteiger partial charge is 0.105 e. The predicted octanol–water partition coefficient (Wildman–Crippen LogP) is 1.39. The van der Waals surface area contributed by atoms with Gasteiger partial charge in [0.15, 0.2) is 0 Å². The largest absolute Gasteiger partial charge is 0.379 e. The van der Waals surface area contributed by atoms with E-state index in [1.165, 1.54) is 38.5 Å². The third-order valence-corrected chi connectivity index (χ3v) is 3.18. The molecule has 0 amide bonds. The average Bonchev–Trinajstić information content (AvgIpc) is 2.34. The molecule has 0 radical (unpaired) electrons. The Labute approximate surface area is 68.0 Å². The first kappa shape index (κ1) is 7.56. The van der Waals surface area contributed by atoms with Gasteiger partial charge in [-0.15, -0.1) is 0 Å². The molecule has 1 saturated heterocycles. The quantitative estimate of drug-likeness (QED) is 0.554. The summed E-state index contributed by atoms with van der Waals surface area (Å²) in [6, 6.07) is 0. The molecule has 0 bridgehead atoms.